The number of aromatic amines is 1. The van der Waals surface area contributed by atoms with Gasteiger partial charge in [0.25, 0.3) is 5.56 Å². The number of carbonyl (C=O) groups is 1. The molecule has 1 amide bonds. The zero-order valence-corrected chi connectivity index (χ0v) is 16.0. The molecule has 0 bridgehead atoms. The average Bonchev–Trinajstić information content (AvgIpc) is 2.61. The van der Waals surface area contributed by atoms with Crippen molar-refractivity contribution in [1.82, 2.24) is 25.1 Å². The summed E-state index contributed by atoms with van der Waals surface area (Å²) < 4.78 is 0. The zero-order chi connectivity index (χ0) is 18.5. The van der Waals surface area contributed by atoms with Crippen LogP contribution in [0.4, 0.5) is 0 Å². The van der Waals surface area contributed by atoms with Crippen LogP contribution in [-0.2, 0) is 11.2 Å². The fourth-order valence-electron chi connectivity index (χ4n) is 4.12. The Morgan fingerprint density at radius 2 is 2.08 bits per heavy atom. The summed E-state index contributed by atoms with van der Waals surface area (Å²) in [5, 5.41) is 3.03. The van der Waals surface area contributed by atoms with Gasteiger partial charge in [0, 0.05) is 37.3 Å². The molecule has 0 spiro atoms. The Morgan fingerprint density at radius 1 is 1.31 bits per heavy atom. The Balaban J connectivity index is 1.46. The topological polar surface area (TPSA) is 81.3 Å². The molecule has 2 aliphatic heterocycles. The first kappa shape index (κ1) is 19.0. The molecule has 3 rings (SSSR count). The van der Waals surface area contributed by atoms with Crippen molar-refractivity contribution in [2.24, 2.45) is 5.92 Å². The van der Waals surface area contributed by atoms with Crippen molar-refractivity contribution in [2.45, 2.75) is 45.1 Å². The quantitative estimate of drug-likeness (QED) is 0.800. The van der Waals surface area contributed by atoms with Gasteiger partial charge in [-0.3, -0.25) is 14.5 Å². The molecule has 7 nitrogen and oxygen atoms in total. The van der Waals surface area contributed by atoms with Crippen LogP contribution in [0, 0.1) is 12.8 Å². The summed E-state index contributed by atoms with van der Waals surface area (Å²) in [4.78, 5) is 36.0. The van der Waals surface area contributed by atoms with Crippen molar-refractivity contribution in [1.29, 1.82) is 0 Å². The fraction of sp³-hybridized carbons (Fsp3) is 0.737. The van der Waals surface area contributed by atoms with Crippen molar-refractivity contribution >= 4 is 5.91 Å². The van der Waals surface area contributed by atoms with Gasteiger partial charge in [-0.2, -0.15) is 0 Å². The van der Waals surface area contributed by atoms with Crippen molar-refractivity contribution in [3.05, 3.63) is 27.9 Å². The molecule has 0 aliphatic carbocycles. The number of carbonyl (C=O) groups excluding carboxylic acids is 1. The van der Waals surface area contributed by atoms with E-state index in [9.17, 15) is 9.59 Å². The lowest BCUT2D eigenvalue weighted by Gasteiger charge is -2.41. The minimum Gasteiger partial charge on any atom is -0.355 e. The van der Waals surface area contributed by atoms with Crippen LogP contribution in [0.5, 0.6) is 0 Å². The minimum absolute atomic E-state index is 0.0768. The smallest absolute Gasteiger partial charge is 0.251 e. The van der Waals surface area contributed by atoms with Crippen LogP contribution in [0.25, 0.3) is 0 Å². The maximum absolute atomic E-state index is 12.6. The summed E-state index contributed by atoms with van der Waals surface area (Å²) in [7, 11) is 2.18. The van der Waals surface area contributed by atoms with Crippen LogP contribution in [0.15, 0.2) is 10.9 Å². The number of rotatable bonds is 5. The fourth-order valence-corrected chi connectivity index (χ4v) is 4.12. The van der Waals surface area contributed by atoms with Crippen molar-refractivity contribution < 1.29 is 4.79 Å². The third kappa shape index (κ3) is 5.14. The second-order valence-corrected chi connectivity index (χ2v) is 7.74. The van der Waals surface area contributed by atoms with Gasteiger partial charge in [-0.1, -0.05) is 0 Å². The summed E-state index contributed by atoms with van der Waals surface area (Å²) in [5.74, 6) is 0.845. The van der Waals surface area contributed by atoms with Crippen molar-refractivity contribution in [3.8, 4) is 0 Å². The van der Waals surface area contributed by atoms with E-state index >= 15 is 0 Å². The molecule has 7 heteroatoms. The number of aryl methyl sites for hydroxylation is 1. The van der Waals surface area contributed by atoms with Gasteiger partial charge in [-0.15, -0.1) is 0 Å². The summed E-state index contributed by atoms with van der Waals surface area (Å²) in [6, 6.07) is 2.10. The molecule has 0 unspecified atom stereocenters. The Labute approximate surface area is 155 Å². The molecule has 1 aromatic heterocycles. The average molecular weight is 361 g/mol. The van der Waals surface area contributed by atoms with Gasteiger partial charge >= 0.3 is 0 Å². The molecule has 2 fully saturated rings. The number of nitrogens with zero attached hydrogens (tertiary/aromatic N) is 3. The predicted molar refractivity (Wildman–Crippen MR) is 101 cm³/mol. The normalized spacial score (nSPS) is 23.1. The number of nitrogens with one attached hydrogen (secondary N) is 2. The van der Waals surface area contributed by atoms with Crippen LogP contribution < -0.4 is 10.9 Å². The lowest BCUT2D eigenvalue weighted by molar-refractivity contribution is -0.127. The maximum Gasteiger partial charge on any atom is 0.251 e. The third-order valence-corrected chi connectivity index (χ3v) is 5.61. The maximum atomic E-state index is 12.6. The molecular weight excluding hydrogens is 330 g/mol. The molecule has 144 valence electrons. The van der Waals surface area contributed by atoms with E-state index in [-0.39, 0.29) is 17.4 Å². The van der Waals surface area contributed by atoms with E-state index in [0.29, 0.717) is 30.5 Å². The van der Waals surface area contributed by atoms with Crippen LogP contribution in [0.1, 0.15) is 37.2 Å². The Hall–Kier alpha value is -1.73. The molecule has 3 heterocycles. The van der Waals surface area contributed by atoms with E-state index in [2.05, 4.69) is 32.1 Å². The van der Waals surface area contributed by atoms with E-state index in [1.54, 1.807) is 6.92 Å². The van der Waals surface area contributed by atoms with Crippen molar-refractivity contribution in [2.75, 3.05) is 39.8 Å². The Bertz CT molecular complexity index is 666. The second kappa shape index (κ2) is 8.77. The monoisotopic (exact) mass is 361 g/mol. The van der Waals surface area contributed by atoms with Gasteiger partial charge in [0.05, 0.1) is 5.92 Å². The number of aromatic nitrogens is 2. The molecule has 1 atom stereocenters. The van der Waals surface area contributed by atoms with Gasteiger partial charge < -0.3 is 15.2 Å². The minimum atomic E-state index is -0.139. The van der Waals surface area contributed by atoms with Crippen LogP contribution in [-0.4, -0.2) is 71.5 Å². The van der Waals surface area contributed by atoms with Crippen LogP contribution in [0.3, 0.4) is 0 Å². The molecule has 2 N–H and O–H groups in total. The highest BCUT2D eigenvalue weighted by atomic mass is 16.2. The first-order valence-electron chi connectivity index (χ1n) is 9.78. The number of H-pyrrole nitrogens is 1. The largest absolute Gasteiger partial charge is 0.355 e. The van der Waals surface area contributed by atoms with E-state index in [1.165, 1.54) is 18.9 Å². The molecule has 2 aliphatic rings. The first-order valence-corrected chi connectivity index (χ1v) is 9.78. The number of amides is 1. The first-order chi connectivity index (χ1) is 12.5. The lowest BCUT2D eigenvalue weighted by Crippen LogP contribution is -2.50. The molecule has 0 aromatic carbocycles. The van der Waals surface area contributed by atoms with Gasteiger partial charge in [0.1, 0.15) is 5.82 Å². The standard InChI is InChI=1S/C19H31N5O2/c1-14-12-18(25)22-17(21-14)5-8-20-19(26)15-4-3-9-24(13-15)16-6-10-23(2)11-7-16/h12,15-16H,3-11,13H2,1-2H3,(H,20,26)(H,21,22,25)/t15-/m0/s1. The molecule has 26 heavy (non-hydrogen) atoms. The summed E-state index contributed by atoms with van der Waals surface area (Å²) in [5.41, 5.74) is 0.566. The SMILES string of the molecule is Cc1cc(=O)[nH]c(CCNC(=O)[C@H]2CCCN(C3CCN(C)CC3)C2)n1. The molecule has 0 saturated carbocycles. The summed E-state index contributed by atoms with van der Waals surface area (Å²) in [6.45, 7) is 6.61. The van der Waals surface area contributed by atoms with Gasteiger partial charge in [0.15, 0.2) is 0 Å². The molecule has 0 radical (unpaired) electrons. The van der Waals surface area contributed by atoms with E-state index in [0.717, 1.165) is 39.0 Å². The van der Waals surface area contributed by atoms with Crippen molar-refractivity contribution in [3.63, 3.8) is 0 Å². The lowest BCUT2D eigenvalue weighted by atomic mass is 9.93. The number of hydrogen-bond donors (Lipinski definition) is 2. The number of piperidine rings is 2. The van der Waals surface area contributed by atoms with Crippen LogP contribution in [0.2, 0.25) is 0 Å². The predicted octanol–water partition coefficient (Wildman–Crippen LogP) is 0.543. The van der Waals surface area contributed by atoms with Gasteiger partial charge in [0.2, 0.25) is 5.91 Å². The molecular formula is C19H31N5O2. The molecule has 2 saturated heterocycles. The Kier molecular flexibility index (Phi) is 6.43. The third-order valence-electron chi connectivity index (χ3n) is 5.61. The Morgan fingerprint density at radius 3 is 2.81 bits per heavy atom. The van der Waals surface area contributed by atoms with Gasteiger partial charge in [-0.25, -0.2) is 4.98 Å². The number of likely N-dealkylation sites (tertiary alicyclic amines) is 2. The zero-order valence-electron chi connectivity index (χ0n) is 16.0. The second-order valence-electron chi connectivity index (χ2n) is 7.74. The van der Waals surface area contributed by atoms with Gasteiger partial charge in [-0.05, 0) is 59.3 Å². The highest BCUT2D eigenvalue weighted by molar-refractivity contribution is 5.78. The van der Waals surface area contributed by atoms with E-state index in [4.69, 9.17) is 0 Å². The summed E-state index contributed by atoms with van der Waals surface area (Å²) in [6.07, 6.45) is 5.02. The highest BCUT2D eigenvalue weighted by Gasteiger charge is 2.30. The number of hydrogen-bond acceptors (Lipinski definition) is 5. The summed E-state index contributed by atoms with van der Waals surface area (Å²) >= 11 is 0. The molecule has 1 aromatic rings. The van der Waals surface area contributed by atoms with Crippen LogP contribution >= 0.6 is 0 Å². The van der Waals surface area contributed by atoms with E-state index in [1.807, 2.05) is 0 Å². The van der Waals surface area contributed by atoms with E-state index < -0.39 is 0 Å². The highest BCUT2D eigenvalue weighted by Crippen LogP contribution is 2.23.